The van der Waals surface area contributed by atoms with E-state index in [4.69, 9.17) is 9.47 Å². The van der Waals surface area contributed by atoms with Crippen LogP contribution >= 0.6 is 23.1 Å². The highest BCUT2D eigenvalue weighted by Crippen LogP contribution is 2.32. The van der Waals surface area contributed by atoms with Crippen LogP contribution in [0.1, 0.15) is 40.0 Å². The zero-order chi connectivity index (χ0) is 28.2. The number of fused-ring (bicyclic) bond motifs is 1. The van der Waals surface area contributed by atoms with Crippen molar-refractivity contribution in [1.29, 1.82) is 0 Å². The Labute approximate surface area is 239 Å². The molecule has 4 aromatic rings. The average Bonchev–Trinajstić information content (AvgIpc) is 3.29. The highest BCUT2D eigenvalue weighted by Gasteiger charge is 2.33. The predicted molar refractivity (Wildman–Crippen MR) is 156 cm³/mol. The summed E-state index contributed by atoms with van der Waals surface area (Å²) in [5.41, 5.74) is 3.39. The standard InChI is InChI=1S/C31H26N2O5S2/c1-19-26(30(36)38-18-21-7-5-4-6-8-21)27(22-13-15-24(39-3)16-14-22)33-28(34)25(40-31(33)32-19)17-20-9-11-23(12-10-20)29(35)37-2/h4-17,27H,18H2,1-3H3. The van der Waals surface area contributed by atoms with Crippen LogP contribution in [0.2, 0.25) is 0 Å². The van der Waals surface area contributed by atoms with E-state index < -0.39 is 18.0 Å². The van der Waals surface area contributed by atoms with Crippen LogP contribution in [-0.4, -0.2) is 29.9 Å². The Bertz CT molecular complexity index is 1770. The van der Waals surface area contributed by atoms with E-state index in [1.165, 1.54) is 18.4 Å². The molecular weight excluding hydrogens is 544 g/mol. The fraction of sp³-hybridized carbons (Fsp3) is 0.161. The summed E-state index contributed by atoms with van der Waals surface area (Å²) in [6, 6.07) is 23.4. The number of aromatic nitrogens is 1. The smallest absolute Gasteiger partial charge is 0.338 e. The van der Waals surface area contributed by atoms with Gasteiger partial charge in [0.1, 0.15) is 6.61 Å². The van der Waals surface area contributed by atoms with Gasteiger partial charge in [0.15, 0.2) is 4.80 Å². The maximum Gasteiger partial charge on any atom is 0.338 e. The van der Waals surface area contributed by atoms with E-state index in [0.29, 0.717) is 26.2 Å². The molecule has 1 aromatic heterocycles. The summed E-state index contributed by atoms with van der Waals surface area (Å²) in [5, 5.41) is 0. The largest absolute Gasteiger partial charge is 0.465 e. The van der Waals surface area contributed by atoms with Gasteiger partial charge in [-0.05, 0) is 60.2 Å². The molecule has 2 heterocycles. The first kappa shape index (κ1) is 27.4. The van der Waals surface area contributed by atoms with Crippen molar-refractivity contribution in [3.05, 3.63) is 132 Å². The van der Waals surface area contributed by atoms with Crippen molar-refractivity contribution in [2.75, 3.05) is 13.4 Å². The minimum Gasteiger partial charge on any atom is -0.465 e. The van der Waals surface area contributed by atoms with Crippen LogP contribution in [0.3, 0.4) is 0 Å². The summed E-state index contributed by atoms with van der Waals surface area (Å²) < 4.78 is 12.5. The van der Waals surface area contributed by atoms with Gasteiger partial charge in [-0.15, -0.1) is 11.8 Å². The molecule has 40 heavy (non-hydrogen) atoms. The van der Waals surface area contributed by atoms with E-state index in [1.54, 1.807) is 53.6 Å². The number of allylic oxidation sites excluding steroid dienone is 1. The van der Waals surface area contributed by atoms with E-state index in [1.807, 2.05) is 60.9 Å². The Kier molecular flexibility index (Phi) is 8.14. The molecule has 7 nitrogen and oxygen atoms in total. The second kappa shape index (κ2) is 11.9. The number of hydrogen-bond donors (Lipinski definition) is 0. The minimum atomic E-state index is -0.695. The molecule has 202 valence electrons. The lowest BCUT2D eigenvalue weighted by Gasteiger charge is -2.25. The number of carbonyl (C=O) groups excluding carboxylic acids is 2. The Hall–Kier alpha value is -4.21. The number of nitrogens with zero attached hydrogens (tertiary/aromatic N) is 2. The number of esters is 2. The number of benzene rings is 3. The summed E-state index contributed by atoms with van der Waals surface area (Å²) in [4.78, 5) is 45.4. The van der Waals surface area contributed by atoms with Gasteiger partial charge in [-0.2, -0.15) is 0 Å². The summed E-state index contributed by atoms with van der Waals surface area (Å²) in [5.74, 6) is -0.947. The molecule has 0 aliphatic carbocycles. The molecular formula is C31H26N2O5S2. The van der Waals surface area contributed by atoms with Crippen molar-refractivity contribution in [3.63, 3.8) is 0 Å². The molecule has 0 saturated carbocycles. The van der Waals surface area contributed by atoms with Crippen LogP contribution in [0.5, 0.6) is 0 Å². The van der Waals surface area contributed by atoms with E-state index in [-0.39, 0.29) is 12.2 Å². The van der Waals surface area contributed by atoms with Gasteiger partial charge < -0.3 is 9.47 Å². The number of thiazole rings is 1. The van der Waals surface area contributed by atoms with E-state index in [9.17, 15) is 14.4 Å². The molecule has 0 fully saturated rings. The van der Waals surface area contributed by atoms with Gasteiger partial charge in [0.2, 0.25) is 0 Å². The molecule has 0 radical (unpaired) electrons. The molecule has 5 rings (SSSR count). The number of ether oxygens (including phenoxy) is 2. The zero-order valence-corrected chi connectivity index (χ0v) is 23.8. The summed E-state index contributed by atoms with van der Waals surface area (Å²) in [6.07, 6.45) is 3.75. The Morgan fingerprint density at radius 3 is 2.35 bits per heavy atom. The number of thioether (sulfide) groups is 1. The Balaban J connectivity index is 1.58. The molecule has 1 unspecified atom stereocenters. The van der Waals surface area contributed by atoms with Gasteiger partial charge in [-0.25, -0.2) is 14.6 Å². The Morgan fingerprint density at radius 1 is 1.00 bits per heavy atom. The van der Waals surface area contributed by atoms with Gasteiger partial charge in [0, 0.05) is 4.90 Å². The second-order valence-electron chi connectivity index (χ2n) is 9.03. The summed E-state index contributed by atoms with van der Waals surface area (Å²) in [6.45, 7) is 1.88. The molecule has 0 N–H and O–H groups in total. The predicted octanol–water partition coefficient (Wildman–Crippen LogP) is 4.49. The maximum atomic E-state index is 13.8. The topological polar surface area (TPSA) is 87.0 Å². The number of carbonyl (C=O) groups is 2. The SMILES string of the molecule is COC(=O)c1ccc(C=c2sc3n(c2=O)C(c2ccc(SC)cc2)C(C(=O)OCc2ccccc2)=C(C)N=3)cc1. The van der Waals surface area contributed by atoms with Gasteiger partial charge in [0.05, 0.1) is 34.5 Å². The zero-order valence-electron chi connectivity index (χ0n) is 22.1. The maximum absolute atomic E-state index is 13.8. The molecule has 1 aliphatic heterocycles. The van der Waals surface area contributed by atoms with Crippen molar-refractivity contribution >= 4 is 41.1 Å². The fourth-order valence-electron chi connectivity index (χ4n) is 4.47. The van der Waals surface area contributed by atoms with Crippen LogP contribution in [0, 0.1) is 0 Å². The fourth-order valence-corrected chi connectivity index (χ4v) is 5.92. The lowest BCUT2D eigenvalue weighted by Crippen LogP contribution is -2.39. The summed E-state index contributed by atoms with van der Waals surface area (Å²) >= 11 is 2.87. The van der Waals surface area contributed by atoms with Gasteiger partial charge >= 0.3 is 11.9 Å². The molecule has 1 aliphatic rings. The first-order valence-corrected chi connectivity index (χ1v) is 14.5. The van der Waals surface area contributed by atoms with Gasteiger partial charge in [-0.1, -0.05) is 65.9 Å². The Morgan fingerprint density at radius 2 is 1.70 bits per heavy atom. The molecule has 0 spiro atoms. The molecule has 0 amide bonds. The third-order valence-corrected chi connectivity index (χ3v) is 8.24. The van der Waals surface area contributed by atoms with E-state index >= 15 is 0 Å². The van der Waals surface area contributed by atoms with Crippen LogP contribution < -0.4 is 14.9 Å². The molecule has 9 heteroatoms. The average molecular weight is 571 g/mol. The third-order valence-electron chi connectivity index (χ3n) is 6.52. The van der Waals surface area contributed by atoms with Crippen LogP contribution in [0.15, 0.2) is 105 Å². The lowest BCUT2D eigenvalue weighted by molar-refractivity contribution is -0.140. The third kappa shape index (κ3) is 5.57. The second-order valence-corrected chi connectivity index (χ2v) is 10.9. The normalized spacial score (nSPS) is 14.9. The van der Waals surface area contributed by atoms with Crippen molar-refractivity contribution in [2.24, 2.45) is 4.99 Å². The molecule has 1 atom stereocenters. The van der Waals surface area contributed by atoms with Crippen LogP contribution in [0.25, 0.3) is 6.08 Å². The molecule has 0 bridgehead atoms. The number of methoxy groups -OCH3 is 1. The quantitative estimate of drug-likeness (QED) is 0.241. The minimum absolute atomic E-state index is 0.112. The van der Waals surface area contributed by atoms with Crippen molar-refractivity contribution in [2.45, 2.75) is 24.5 Å². The summed E-state index contributed by atoms with van der Waals surface area (Å²) in [7, 11) is 1.33. The highest BCUT2D eigenvalue weighted by molar-refractivity contribution is 7.98. The molecule has 0 saturated heterocycles. The van der Waals surface area contributed by atoms with Crippen molar-refractivity contribution < 1.29 is 19.1 Å². The number of hydrogen-bond acceptors (Lipinski definition) is 8. The van der Waals surface area contributed by atoms with Crippen molar-refractivity contribution in [1.82, 2.24) is 4.57 Å². The number of rotatable bonds is 7. The monoisotopic (exact) mass is 570 g/mol. The molecule has 3 aromatic carbocycles. The first-order chi connectivity index (χ1) is 19.4. The van der Waals surface area contributed by atoms with E-state index in [0.717, 1.165) is 21.6 Å². The van der Waals surface area contributed by atoms with Crippen molar-refractivity contribution in [3.8, 4) is 0 Å². The van der Waals surface area contributed by atoms with Crippen LogP contribution in [0.4, 0.5) is 0 Å². The van der Waals surface area contributed by atoms with E-state index in [2.05, 4.69) is 4.99 Å². The van der Waals surface area contributed by atoms with Crippen LogP contribution in [-0.2, 0) is 20.9 Å². The lowest BCUT2D eigenvalue weighted by atomic mass is 9.96. The van der Waals surface area contributed by atoms with Gasteiger partial charge in [0.25, 0.3) is 5.56 Å². The first-order valence-electron chi connectivity index (χ1n) is 12.5. The van der Waals surface area contributed by atoms with Gasteiger partial charge in [-0.3, -0.25) is 9.36 Å². The highest BCUT2D eigenvalue weighted by atomic mass is 32.2.